The first kappa shape index (κ1) is 17.5. The molecule has 0 amide bonds. The van der Waals surface area contributed by atoms with E-state index in [2.05, 4.69) is 13.0 Å². The second kappa shape index (κ2) is 5.56. The molecule has 0 bridgehead atoms. The maximum atomic E-state index is 12.3. The number of fused-ring (bicyclic) bond motifs is 9. The minimum Gasteiger partial charge on any atom is -0.458 e. The van der Waals surface area contributed by atoms with Crippen LogP contribution in [0.4, 0.5) is 0 Å². The van der Waals surface area contributed by atoms with Crippen LogP contribution in [0.25, 0.3) is 0 Å². The largest absolute Gasteiger partial charge is 0.458 e. The zero-order valence-electron chi connectivity index (χ0n) is 17.7. The lowest BCUT2D eigenvalue weighted by molar-refractivity contribution is -0.183. The SMILES string of the molecule is CC[C@]12CCC3C(C(C4CC4)CC4=CC(=O)CC[C@@H]43)C1C1CC1[C@@]21CCC(=O)O1. The van der Waals surface area contributed by atoms with Crippen molar-refractivity contribution < 1.29 is 14.3 Å². The number of allylic oxidation sites excluding steroid dienone is 1. The smallest absolute Gasteiger partial charge is 0.306 e. The number of carbonyl (C=O) groups excluding carboxylic acids is 2. The highest BCUT2D eigenvalue weighted by atomic mass is 16.6. The average Bonchev–Trinajstić information content (AvgIpc) is 3.64. The summed E-state index contributed by atoms with van der Waals surface area (Å²) in [4.78, 5) is 24.5. The first-order valence-electron chi connectivity index (χ1n) is 12.5. The summed E-state index contributed by atoms with van der Waals surface area (Å²) in [7, 11) is 0. The van der Waals surface area contributed by atoms with Gasteiger partial charge in [-0.3, -0.25) is 9.59 Å². The van der Waals surface area contributed by atoms with Gasteiger partial charge in [0.15, 0.2) is 5.78 Å². The molecule has 3 heteroatoms. The first-order valence-corrected chi connectivity index (χ1v) is 12.5. The normalized spacial score (nSPS) is 54.9. The van der Waals surface area contributed by atoms with Crippen LogP contribution in [-0.2, 0) is 14.3 Å². The topological polar surface area (TPSA) is 43.4 Å². The summed E-state index contributed by atoms with van der Waals surface area (Å²) in [5.41, 5.74) is 1.65. The van der Waals surface area contributed by atoms with E-state index in [1.807, 2.05) is 0 Å². The molecule has 1 spiro atoms. The zero-order chi connectivity index (χ0) is 19.5. The molecule has 0 radical (unpaired) electrons. The van der Waals surface area contributed by atoms with Gasteiger partial charge >= 0.3 is 5.97 Å². The predicted molar refractivity (Wildman–Crippen MR) is 109 cm³/mol. The van der Waals surface area contributed by atoms with E-state index in [-0.39, 0.29) is 17.0 Å². The van der Waals surface area contributed by atoms with Gasteiger partial charge in [0.1, 0.15) is 5.60 Å². The van der Waals surface area contributed by atoms with Gasteiger partial charge in [0, 0.05) is 24.2 Å². The third kappa shape index (κ3) is 2.06. The van der Waals surface area contributed by atoms with Gasteiger partial charge in [-0.1, -0.05) is 12.5 Å². The molecular formula is C26H34O3. The van der Waals surface area contributed by atoms with E-state index in [9.17, 15) is 9.59 Å². The van der Waals surface area contributed by atoms with Crippen LogP contribution in [0.3, 0.4) is 0 Å². The van der Waals surface area contributed by atoms with Crippen molar-refractivity contribution in [3.63, 3.8) is 0 Å². The maximum absolute atomic E-state index is 12.3. The van der Waals surface area contributed by atoms with E-state index in [1.165, 1.54) is 50.5 Å². The number of hydrogen-bond acceptors (Lipinski definition) is 3. The van der Waals surface area contributed by atoms with Crippen LogP contribution in [0.2, 0.25) is 0 Å². The van der Waals surface area contributed by atoms with Crippen molar-refractivity contribution in [2.75, 3.05) is 0 Å². The highest BCUT2D eigenvalue weighted by molar-refractivity contribution is 5.91. The number of ketones is 1. The minimum atomic E-state index is -0.119. The zero-order valence-corrected chi connectivity index (χ0v) is 17.7. The second-order valence-corrected chi connectivity index (χ2v) is 11.7. The second-order valence-electron chi connectivity index (χ2n) is 11.7. The van der Waals surface area contributed by atoms with Gasteiger partial charge in [0.2, 0.25) is 0 Å². The molecule has 7 rings (SSSR count). The van der Waals surface area contributed by atoms with Crippen molar-refractivity contribution in [1.29, 1.82) is 0 Å². The van der Waals surface area contributed by atoms with Gasteiger partial charge in [-0.15, -0.1) is 0 Å². The summed E-state index contributed by atoms with van der Waals surface area (Å²) < 4.78 is 6.34. The molecular weight excluding hydrogens is 360 g/mol. The van der Waals surface area contributed by atoms with Gasteiger partial charge < -0.3 is 4.74 Å². The molecule has 1 saturated heterocycles. The van der Waals surface area contributed by atoms with E-state index in [1.54, 1.807) is 0 Å². The molecule has 0 aromatic carbocycles. The summed E-state index contributed by atoms with van der Waals surface area (Å²) >= 11 is 0. The molecule has 1 aliphatic heterocycles. The third-order valence-electron chi connectivity index (χ3n) is 11.1. The fraction of sp³-hybridized carbons (Fsp3) is 0.846. The van der Waals surface area contributed by atoms with Crippen LogP contribution in [0.5, 0.6) is 0 Å². The molecule has 6 fully saturated rings. The van der Waals surface area contributed by atoms with Crippen LogP contribution in [0.15, 0.2) is 11.6 Å². The number of ether oxygens (including phenoxy) is 1. The first-order chi connectivity index (χ1) is 14.1. The summed E-state index contributed by atoms with van der Waals surface area (Å²) in [6.07, 6.45) is 14.6. The number of carbonyl (C=O) groups is 2. The predicted octanol–water partition coefficient (Wildman–Crippen LogP) is 5.09. The molecule has 0 aromatic rings. The lowest BCUT2D eigenvalue weighted by Crippen LogP contribution is -2.58. The standard InChI is InChI=1S/C26H34O3/c1-2-25-9-7-18-17-6-5-16(27)11-15(17)12-19(14-3-4-14)23(18)24(25)20-13-21(20)26(25)10-8-22(28)29-26/h11,14,17-21,23-24H,2-10,12-13H2,1H3/t17-,18?,19?,20?,21?,23?,24?,25-,26-/m0/s1. The molecule has 156 valence electrons. The quantitative estimate of drug-likeness (QED) is 0.613. The van der Waals surface area contributed by atoms with Gasteiger partial charge in [-0.25, -0.2) is 0 Å². The summed E-state index contributed by atoms with van der Waals surface area (Å²) in [5, 5.41) is 0. The van der Waals surface area contributed by atoms with E-state index < -0.39 is 0 Å². The molecule has 29 heavy (non-hydrogen) atoms. The Morgan fingerprint density at radius 2 is 1.90 bits per heavy atom. The molecule has 6 aliphatic carbocycles. The Hall–Kier alpha value is -1.12. The van der Waals surface area contributed by atoms with E-state index in [4.69, 9.17) is 4.74 Å². The molecule has 6 unspecified atom stereocenters. The number of esters is 1. The highest BCUT2D eigenvalue weighted by Crippen LogP contribution is 2.80. The lowest BCUT2D eigenvalue weighted by atomic mass is 9.45. The fourth-order valence-electron chi connectivity index (χ4n) is 10.1. The van der Waals surface area contributed by atoms with Crippen molar-refractivity contribution in [3.8, 4) is 0 Å². The molecule has 5 saturated carbocycles. The molecule has 0 N–H and O–H groups in total. The Kier molecular flexibility index (Phi) is 3.37. The maximum Gasteiger partial charge on any atom is 0.306 e. The van der Waals surface area contributed by atoms with Crippen molar-refractivity contribution in [2.24, 2.45) is 52.8 Å². The fourth-order valence-corrected chi connectivity index (χ4v) is 10.1. The lowest BCUT2D eigenvalue weighted by Gasteiger charge is -2.60. The van der Waals surface area contributed by atoms with Crippen molar-refractivity contribution in [2.45, 2.75) is 83.2 Å². The summed E-state index contributed by atoms with van der Waals surface area (Å²) in [5.74, 6) is 6.65. The third-order valence-corrected chi connectivity index (χ3v) is 11.1. The monoisotopic (exact) mass is 394 g/mol. The Balaban J connectivity index is 1.33. The van der Waals surface area contributed by atoms with E-state index in [0.29, 0.717) is 24.0 Å². The highest BCUT2D eigenvalue weighted by Gasteiger charge is 2.80. The van der Waals surface area contributed by atoms with Gasteiger partial charge in [0.05, 0.1) is 0 Å². The molecule has 7 aliphatic rings. The van der Waals surface area contributed by atoms with E-state index >= 15 is 0 Å². The average molecular weight is 395 g/mol. The molecule has 1 heterocycles. The van der Waals surface area contributed by atoms with Gasteiger partial charge in [-0.05, 0) is 105 Å². The molecule has 0 aromatic heterocycles. The Labute approximate surface area is 174 Å². The van der Waals surface area contributed by atoms with Gasteiger partial charge in [0.25, 0.3) is 0 Å². The van der Waals surface area contributed by atoms with Crippen LogP contribution >= 0.6 is 0 Å². The molecule has 9 atom stereocenters. The number of hydrogen-bond donors (Lipinski definition) is 0. The van der Waals surface area contributed by atoms with Crippen molar-refractivity contribution in [1.82, 2.24) is 0 Å². The molecule has 3 nitrogen and oxygen atoms in total. The summed E-state index contributed by atoms with van der Waals surface area (Å²) in [6.45, 7) is 2.39. The van der Waals surface area contributed by atoms with Crippen LogP contribution in [-0.4, -0.2) is 17.4 Å². The minimum absolute atomic E-state index is 0.0737. The Morgan fingerprint density at radius 3 is 2.62 bits per heavy atom. The van der Waals surface area contributed by atoms with Crippen LogP contribution in [0.1, 0.15) is 77.6 Å². The Morgan fingerprint density at radius 1 is 1.03 bits per heavy atom. The van der Waals surface area contributed by atoms with Crippen molar-refractivity contribution in [3.05, 3.63) is 11.6 Å². The van der Waals surface area contributed by atoms with Crippen LogP contribution in [0, 0.1) is 52.8 Å². The van der Waals surface area contributed by atoms with E-state index in [0.717, 1.165) is 54.8 Å². The van der Waals surface area contributed by atoms with Crippen molar-refractivity contribution >= 4 is 11.8 Å². The Bertz CT molecular complexity index is 824. The van der Waals surface area contributed by atoms with Crippen LogP contribution < -0.4 is 0 Å². The summed E-state index contributed by atoms with van der Waals surface area (Å²) in [6, 6.07) is 0. The number of rotatable bonds is 2. The van der Waals surface area contributed by atoms with Gasteiger partial charge in [-0.2, -0.15) is 0 Å².